The number of rotatable bonds is 6. The van der Waals surface area contributed by atoms with Gasteiger partial charge in [-0.1, -0.05) is 18.2 Å². The van der Waals surface area contributed by atoms with Crippen LogP contribution in [0.2, 0.25) is 0 Å². The maximum absolute atomic E-state index is 13.6. The molecule has 0 aliphatic carbocycles. The van der Waals surface area contributed by atoms with Crippen LogP contribution < -0.4 is 4.72 Å². The first-order valence-corrected chi connectivity index (χ1v) is 10.2. The van der Waals surface area contributed by atoms with Crippen molar-refractivity contribution in [2.24, 2.45) is 0 Å². The Morgan fingerprint density at radius 3 is 2.58 bits per heavy atom. The number of halogens is 1. The van der Waals surface area contributed by atoms with E-state index >= 15 is 0 Å². The van der Waals surface area contributed by atoms with Crippen LogP contribution in [0.5, 0.6) is 0 Å². The van der Waals surface area contributed by atoms with Crippen molar-refractivity contribution in [2.45, 2.75) is 17.5 Å². The van der Waals surface area contributed by atoms with Crippen molar-refractivity contribution in [1.29, 1.82) is 0 Å². The minimum absolute atomic E-state index is 0.0402. The summed E-state index contributed by atoms with van der Waals surface area (Å²) in [5.74, 6) is -0.787. The Balaban J connectivity index is 1.71. The van der Waals surface area contributed by atoms with E-state index in [0.717, 1.165) is 20.7 Å². The first-order valence-electron chi connectivity index (χ1n) is 7.01. The van der Waals surface area contributed by atoms with Gasteiger partial charge in [0.15, 0.2) is 0 Å². The van der Waals surface area contributed by atoms with E-state index in [9.17, 15) is 17.9 Å². The van der Waals surface area contributed by atoms with Crippen molar-refractivity contribution >= 4 is 32.7 Å². The SMILES string of the molecule is O=S(=O)(NCc1ccc(C(O)c2cccs2)s1)c1ccccc1F. The summed E-state index contributed by atoms with van der Waals surface area (Å²) in [5, 5.41) is 12.2. The van der Waals surface area contributed by atoms with Crippen LogP contribution in [0.1, 0.15) is 20.7 Å². The summed E-state index contributed by atoms with van der Waals surface area (Å²) < 4.78 is 40.3. The Morgan fingerprint density at radius 1 is 1.08 bits per heavy atom. The molecule has 3 rings (SSSR count). The van der Waals surface area contributed by atoms with Crippen molar-refractivity contribution in [3.05, 3.63) is 74.4 Å². The Kier molecular flexibility index (Phi) is 5.12. The van der Waals surface area contributed by atoms with Crippen LogP contribution in [0, 0.1) is 5.82 Å². The number of thiophene rings is 2. The third-order valence-corrected chi connectivity index (χ3v) is 6.82. The predicted molar refractivity (Wildman–Crippen MR) is 93.1 cm³/mol. The number of hydrogen-bond acceptors (Lipinski definition) is 5. The molecule has 0 amide bonds. The Labute approximate surface area is 147 Å². The van der Waals surface area contributed by atoms with E-state index < -0.39 is 21.9 Å². The second-order valence-electron chi connectivity index (χ2n) is 4.98. The summed E-state index contributed by atoms with van der Waals surface area (Å²) >= 11 is 2.77. The van der Waals surface area contributed by atoms with Gasteiger partial charge in [0.1, 0.15) is 16.8 Å². The number of hydrogen-bond donors (Lipinski definition) is 2. The standard InChI is InChI=1S/C16H14FNO3S3/c17-12-4-1-2-6-15(12)24(20,21)18-10-11-7-8-14(23-11)16(19)13-5-3-9-22-13/h1-9,16,18-19H,10H2. The Hall–Kier alpha value is -1.58. The quantitative estimate of drug-likeness (QED) is 0.685. The lowest BCUT2D eigenvalue weighted by Crippen LogP contribution is -2.23. The molecule has 24 heavy (non-hydrogen) atoms. The molecule has 0 saturated carbocycles. The molecular weight excluding hydrogens is 369 g/mol. The van der Waals surface area contributed by atoms with Crippen molar-refractivity contribution in [1.82, 2.24) is 4.72 Å². The summed E-state index contributed by atoms with van der Waals surface area (Å²) in [5.41, 5.74) is 0. The topological polar surface area (TPSA) is 66.4 Å². The lowest BCUT2D eigenvalue weighted by molar-refractivity contribution is 0.228. The molecule has 8 heteroatoms. The molecule has 0 bridgehead atoms. The molecule has 0 saturated heterocycles. The highest BCUT2D eigenvalue weighted by atomic mass is 32.2. The molecule has 1 unspecified atom stereocenters. The van der Waals surface area contributed by atoms with Crippen LogP contribution in [0.15, 0.2) is 58.8 Å². The van der Waals surface area contributed by atoms with Gasteiger partial charge in [-0.3, -0.25) is 0 Å². The van der Waals surface area contributed by atoms with Gasteiger partial charge in [-0.2, -0.15) is 0 Å². The Bertz CT molecular complexity index is 920. The lowest BCUT2D eigenvalue weighted by Gasteiger charge is -2.07. The maximum Gasteiger partial charge on any atom is 0.243 e. The third kappa shape index (κ3) is 3.73. The fourth-order valence-electron chi connectivity index (χ4n) is 2.13. The predicted octanol–water partition coefficient (Wildman–Crippen LogP) is 3.51. The molecule has 3 aromatic rings. The van der Waals surface area contributed by atoms with Gasteiger partial charge in [-0.15, -0.1) is 22.7 Å². The second kappa shape index (κ2) is 7.12. The molecule has 4 nitrogen and oxygen atoms in total. The zero-order valence-electron chi connectivity index (χ0n) is 12.3. The molecule has 0 radical (unpaired) electrons. The first kappa shape index (κ1) is 17.2. The molecule has 2 aromatic heterocycles. The van der Waals surface area contributed by atoms with Gasteiger partial charge < -0.3 is 5.11 Å². The average molecular weight is 383 g/mol. The van der Waals surface area contributed by atoms with Crippen LogP contribution in [-0.4, -0.2) is 13.5 Å². The van der Waals surface area contributed by atoms with Gasteiger partial charge >= 0.3 is 0 Å². The normalized spacial score (nSPS) is 13.1. The highest BCUT2D eigenvalue weighted by molar-refractivity contribution is 7.89. The van der Waals surface area contributed by atoms with Crippen molar-refractivity contribution in [2.75, 3.05) is 0 Å². The number of sulfonamides is 1. The van der Waals surface area contributed by atoms with Gasteiger partial charge in [-0.05, 0) is 35.7 Å². The van der Waals surface area contributed by atoms with E-state index in [4.69, 9.17) is 0 Å². The van der Waals surface area contributed by atoms with Gasteiger partial charge in [0.25, 0.3) is 0 Å². The zero-order chi connectivity index (χ0) is 17.2. The van der Waals surface area contributed by atoms with Crippen LogP contribution in [0.4, 0.5) is 4.39 Å². The number of aliphatic hydroxyl groups excluding tert-OH is 1. The first-order chi connectivity index (χ1) is 11.5. The van der Waals surface area contributed by atoms with E-state index in [1.807, 2.05) is 17.5 Å². The minimum Gasteiger partial charge on any atom is -0.382 e. The van der Waals surface area contributed by atoms with E-state index in [2.05, 4.69) is 4.72 Å². The van der Waals surface area contributed by atoms with Crippen LogP contribution in [0.3, 0.4) is 0 Å². The molecular formula is C16H14FNO3S3. The van der Waals surface area contributed by atoms with Crippen LogP contribution in [0.25, 0.3) is 0 Å². The van der Waals surface area contributed by atoms with Crippen LogP contribution in [-0.2, 0) is 16.6 Å². The van der Waals surface area contributed by atoms with Crippen molar-refractivity contribution < 1.29 is 17.9 Å². The smallest absolute Gasteiger partial charge is 0.243 e. The number of benzene rings is 1. The molecule has 0 fully saturated rings. The Morgan fingerprint density at radius 2 is 1.88 bits per heavy atom. The largest absolute Gasteiger partial charge is 0.382 e. The molecule has 1 atom stereocenters. The second-order valence-corrected chi connectivity index (χ2v) is 8.89. The highest BCUT2D eigenvalue weighted by Crippen LogP contribution is 2.31. The molecule has 0 spiro atoms. The summed E-state index contributed by atoms with van der Waals surface area (Å²) in [7, 11) is -3.92. The summed E-state index contributed by atoms with van der Waals surface area (Å²) in [4.78, 5) is 1.92. The summed E-state index contributed by atoms with van der Waals surface area (Å²) in [6.07, 6.45) is -0.716. The third-order valence-electron chi connectivity index (χ3n) is 3.33. The van der Waals surface area contributed by atoms with Gasteiger partial charge in [-0.25, -0.2) is 17.5 Å². The molecule has 2 heterocycles. The summed E-state index contributed by atoms with van der Waals surface area (Å²) in [6, 6.07) is 12.5. The molecule has 2 N–H and O–H groups in total. The van der Waals surface area contributed by atoms with E-state index in [-0.39, 0.29) is 11.4 Å². The average Bonchev–Trinajstić information content (AvgIpc) is 3.24. The van der Waals surface area contributed by atoms with Gasteiger partial charge in [0.05, 0.1) is 0 Å². The number of aliphatic hydroxyl groups is 1. The summed E-state index contributed by atoms with van der Waals surface area (Å²) in [6.45, 7) is 0.0402. The van der Waals surface area contributed by atoms with E-state index in [1.54, 1.807) is 12.1 Å². The van der Waals surface area contributed by atoms with Gasteiger partial charge in [0.2, 0.25) is 10.0 Å². The van der Waals surface area contributed by atoms with Crippen LogP contribution >= 0.6 is 22.7 Å². The fourth-order valence-corrected chi connectivity index (χ4v) is 5.06. The monoisotopic (exact) mass is 383 g/mol. The van der Waals surface area contributed by atoms with Gasteiger partial charge in [0, 0.05) is 21.2 Å². The van der Waals surface area contributed by atoms with Crippen molar-refractivity contribution in [3.63, 3.8) is 0 Å². The van der Waals surface area contributed by atoms with E-state index in [0.29, 0.717) is 0 Å². The maximum atomic E-state index is 13.6. The minimum atomic E-state index is -3.92. The number of nitrogens with one attached hydrogen (secondary N) is 1. The zero-order valence-corrected chi connectivity index (χ0v) is 14.8. The van der Waals surface area contributed by atoms with Crippen molar-refractivity contribution in [3.8, 4) is 0 Å². The molecule has 1 aromatic carbocycles. The highest BCUT2D eigenvalue weighted by Gasteiger charge is 2.19. The molecule has 0 aliphatic heterocycles. The molecule has 126 valence electrons. The lowest BCUT2D eigenvalue weighted by atomic mass is 10.2. The fraction of sp³-hybridized carbons (Fsp3) is 0.125. The molecule has 0 aliphatic rings. The van der Waals surface area contributed by atoms with E-state index in [1.165, 1.54) is 40.9 Å².